The quantitative estimate of drug-likeness (QED) is 0.366. The molecule has 2 nitrogen and oxygen atoms in total. The minimum Gasteiger partial charge on any atom is -0.491 e. The Hall–Kier alpha value is -1.12. The van der Waals surface area contributed by atoms with E-state index in [-0.39, 0.29) is 6.61 Å². The molecule has 0 aromatic heterocycles. The van der Waals surface area contributed by atoms with E-state index in [9.17, 15) is 4.39 Å². The molecule has 0 N–H and O–H groups in total. The highest BCUT2D eigenvalue weighted by Crippen LogP contribution is 2.04. The molecule has 80 valence electrons. The highest BCUT2D eigenvalue weighted by molar-refractivity contribution is 5.72. The Morgan fingerprint density at radius 1 is 1.57 bits per heavy atom. The molecule has 0 heterocycles. The van der Waals surface area contributed by atoms with Crippen LogP contribution >= 0.6 is 0 Å². The summed E-state index contributed by atoms with van der Waals surface area (Å²) in [7, 11) is 1.67. The highest BCUT2D eigenvalue weighted by atomic mass is 19.1. The molecule has 0 unspecified atom stereocenters. The van der Waals surface area contributed by atoms with Crippen molar-refractivity contribution in [2.75, 3.05) is 13.7 Å². The number of hydrogen-bond donors (Lipinski definition) is 0. The first-order chi connectivity index (χ1) is 6.74. The second-order valence-corrected chi connectivity index (χ2v) is 2.79. The first-order valence-corrected chi connectivity index (χ1v) is 4.76. The first kappa shape index (κ1) is 12.9. The average molecular weight is 199 g/mol. The fraction of sp³-hybridized carbons (Fsp3) is 0.545. The van der Waals surface area contributed by atoms with E-state index in [2.05, 4.69) is 4.99 Å². The maximum atomic E-state index is 12.8. The van der Waals surface area contributed by atoms with Gasteiger partial charge < -0.3 is 4.74 Å². The monoisotopic (exact) mass is 199 g/mol. The van der Waals surface area contributed by atoms with Crippen LogP contribution < -0.4 is 0 Å². The number of allylic oxidation sites excluding steroid dienone is 3. The van der Waals surface area contributed by atoms with Crippen molar-refractivity contribution in [3.05, 3.63) is 24.0 Å². The molecule has 0 aromatic carbocycles. The third kappa shape index (κ3) is 6.40. The summed E-state index contributed by atoms with van der Waals surface area (Å²) in [5.41, 5.74) is 0. The summed E-state index contributed by atoms with van der Waals surface area (Å²) < 4.78 is 18.1. The molecule has 3 heteroatoms. The maximum absolute atomic E-state index is 12.8. The minimum absolute atomic E-state index is 0.101. The largest absolute Gasteiger partial charge is 0.491 e. The number of rotatable bonds is 6. The van der Waals surface area contributed by atoms with Gasteiger partial charge in [-0.15, -0.1) is 0 Å². The van der Waals surface area contributed by atoms with Gasteiger partial charge in [0.15, 0.2) is 0 Å². The maximum Gasteiger partial charge on any atom is 0.134 e. The fourth-order valence-electron chi connectivity index (χ4n) is 0.769. The molecule has 0 aliphatic carbocycles. The second-order valence-electron chi connectivity index (χ2n) is 2.79. The van der Waals surface area contributed by atoms with Gasteiger partial charge >= 0.3 is 0 Å². The van der Waals surface area contributed by atoms with Gasteiger partial charge in [0.05, 0.1) is 0 Å². The minimum atomic E-state index is -0.901. The van der Waals surface area contributed by atoms with E-state index >= 15 is 0 Å². The van der Waals surface area contributed by atoms with Gasteiger partial charge in [-0.1, -0.05) is 13.0 Å². The Kier molecular flexibility index (Phi) is 7.80. The van der Waals surface area contributed by atoms with Crippen LogP contribution in [0.4, 0.5) is 4.39 Å². The van der Waals surface area contributed by atoms with Crippen molar-refractivity contribution in [2.45, 2.75) is 26.4 Å². The number of halogens is 1. The van der Waals surface area contributed by atoms with Gasteiger partial charge in [-0.05, 0) is 25.5 Å². The zero-order chi connectivity index (χ0) is 10.8. The Morgan fingerprint density at radius 3 is 2.79 bits per heavy atom. The van der Waals surface area contributed by atoms with Crippen molar-refractivity contribution >= 4 is 6.21 Å². The molecule has 0 rings (SSSR count). The Labute approximate surface area is 85.2 Å². The van der Waals surface area contributed by atoms with Crippen molar-refractivity contribution in [1.29, 1.82) is 0 Å². The molecular formula is C11H18FNO. The van der Waals surface area contributed by atoms with E-state index in [0.29, 0.717) is 12.2 Å². The lowest BCUT2D eigenvalue weighted by Crippen LogP contribution is -2.08. The molecule has 0 aromatic rings. The summed E-state index contributed by atoms with van der Waals surface area (Å²) in [4.78, 5) is 3.80. The molecule has 0 bridgehead atoms. The molecule has 0 aliphatic heterocycles. The zero-order valence-corrected chi connectivity index (χ0v) is 9.03. The number of alkyl halides is 1. The standard InChI is InChI=1S/C11H18FNO/c1-4-6-11(7-8-13-3)14-9-10(12)5-2/h4,6-8,10H,5,9H2,1-3H3/b6-4-,11-7+,13-8+/t10-/m1/s1. The van der Waals surface area contributed by atoms with E-state index in [1.165, 1.54) is 0 Å². The van der Waals surface area contributed by atoms with Gasteiger partial charge in [-0.2, -0.15) is 0 Å². The zero-order valence-electron chi connectivity index (χ0n) is 9.03. The molecule has 0 spiro atoms. The lowest BCUT2D eigenvalue weighted by atomic mass is 10.3. The molecule has 14 heavy (non-hydrogen) atoms. The fourth-order valence-corrected chi connectivity index (χ4v) is 0.769. The molecule has 0 radical (unpaired) electrons. The van der Waals surface area contributed by atoms with Crippen LogP contribution in [0.15, 0.2) is 29.0 Å². The third-order valence-corrected chi connectivity index (χ3v) is 1.59. The first-order valence-electron chi connectivity index (χ1n) is 4.76. The summed E-state index contributed by atoms with van der Waals surface area (Å²) >= 11 is 0. The van der Waals surface area contributed by atoms with Gasteiger partial charge in [0.25, 0.3) is 0 Å². The van der Waals surface area contributed by atoms with E-state index in [1.54, 1.807) is 32.3 Å². The van der Waals surface area contributed by atoms with E-state index in [1.807, 2.05) is 13.0 Å². The lowest BCUT2D eigenvalue weighted by Gasteiger charge is -2.08. The van der Waals surface area contributed by atoms with Crippen LogP contribution in [0.1, 0.15) is 20.3 Å². The van der Waals surface area contributed by atoms with E-state index in [4.69, 9.17) is 4.74 Å². The molecule has 0 aliphatic rings. The number of nitrogens with zero attached hydrogens (tertiary/aromatic N) is 1. The van der Waals surface area contributed by atoms with Crippen LogP contribution in [0.5, 0.6) is 0 Å². The lowest BCUT2D eigenvalue weighted by molar-refractivity contribution is 0.139. The Morgan fingerprint density at radius 2 is 2.29 bits per heavy atom. The highest BCUT2D eigenvalue weighted by Gasteiger charge is 2.03. The summed E-state index contributed by atoms with van der Waals surface area (Å²) in [5.74, 6) is 0.634. The van der Waals surface area contributed by atoms with E-state index in [0.717, 1.165) is 0 Å². The van der Waals surface area contributed by atoms with Crippen molar-refractivity contribution in [2.24, 2.45) is 4.99 Å². The van der Waals surface area contributed by atoms with Gasteiger partial charge in [0, 0.05) is 13.3 Å². The van der Waals surface area contributed by atoms with Crippen LogP contribution in [0.25, 0.3) is 0 Å². The molecule has 0 fully saturated rings. The molecule has 0 saturated carbocycles. The van der Waals surface area contributed by atoms with Gasteiger partial charge in [-0.25, -0.2) is 4.39 Å². The normalized spacial score (nSPS) is 15.3. The number of aliphatic imine (C=N–C) groups is 1. The van der Waals surface area contributed by atoms with Crippen LogP contribution in [0, 0.1) is 0 Å². The SMILES string of the molecule is C\C=C/C(=C\C=N\C)OC[C@H](F)CC. The second kappa shape index (κ2) is 8.48. The smallest absolute Gasteiger partial charge is 0.134 e. The van der Waals surface area contributed by atoms with Crippen LogP contribution in [-0.4, -0.2) is 26.0 Å². The number of ether oxygens (including phenoxy) is 1. The summed E-state index contributed by atoms with van der Waals surface area (Å²) in [6, 6.07) is 0. The van der Waals surface area contributed by atoms with Gasteiger partial charge in [-0.3, -0.25) is 4.99 Å². The predicted molar refractivity (Wildman–Crippen MR) is 58.5 cm³/mol. The molecule has 1 atom stereocenters. The average Bonchev–Trinajstić information content (AvgIpc) is 2.21. The van der Waals surface area contributed by atoms with Crippen molar-refractivity contribution < 1.29 is 9.13 Å². The van der Waals surface area contributed by atoms with Crippen molar-refractivity contribution in [1.82, 2.24) is 0 Å². The van der Waals surface area contributed by atoms with Crippen LogP contribution in [-0.2, 0) is 4.74 Å². The van der Waals surface area contributed by atoms with Gasteiger partial charge in [0.2, 0.25) is 0 Å². The van der Waals surface area contributed by atoms with Crippen LogP contribution in [0.2, 0.25) is 0 Å². The number of hydrogen-bond acceptors (Lipinski definition) is 2. The molecule has 0 saturated heterocycles. The summed E-state index contributed by atoms with van der Waals surface area (Å²) in [5, 5.41) is 0. The summed E-state index contributed by atoms with van der Waals surface area (Å²) in [6.45, 7) is 3.78. The van der Waals surface area contributed by atoms with Crippen molar-refractivity contribution in [3.8, 4) is 0 Å². The van der Waals surface area contributed by atoms with E-state index < -0.39 is 6.17 Å². The Balaban J connectivity index is 4.10. The Bertz CT molecular complexity index is 221. The third-order valence-electron chi connectivity index (χ3n) is 1.59. The van der Waals surface area contributed by atoms with Gasteiger partial charge in [0.1, 0.15) is 18.5 Å². The van der Waals surface area contributed by atoms with Crippen molar-refractivity contribution in [3.63, 3.8) is 0 Å². The summed E-state index contributed by atoms with van der Waals surface area (Å²) in [6.07, 6.45) is 6.53. The topological polar surface area (TPSA) is 21.6 Å². The van der Waals surface area contributed by atoms with Crippen LogP contribution in [0.3, 0.4) is 0 Å². The molecular weight excluding hydrogens is 181 g/mol. The predicted octanol–water partition coefficient (Wildman–Crippen LogP) is 2.91. The molecule has 0 amide bonds.